The minimum Gasteiger partial charge on any atom is -0.497 e. The number of fused-ring (bicyclic) bond motifs is 1. The van der Waals surface area contributed by atoms with Crippen LogP contribution in [0.3, 0.4) is 0 Å². The highest BCUT2D eigenvalue weighted by Gasteiger charge is 2.35. The lowest BCUT2D eigenvalue weighted by Crippen LogP contribution is -2.46. The van der Waals surface area contributed by atoms with E-state index in [2.05, 4.69) is 0 Å². The first-order valence-electron chi connectivity index (χ1n) is 10.7. The minimum atomic E-state index is -3.67. The lowest BCUT2D eigenvalue weighted by atomic mass is 9.97. The third kappa shape index (κ3) is 4.54. The lowest BCUT2D eigenvalue weighted by molar-refractivity contribution is -0.137. The number of benzene rings is 2. The Labute approximate surface area is 188 Å². The molecule has 0 aliphatic carbocycles. The summed E-state index contributed by atoms with van der Waals surface area (Å²) >= 11 is 0. The van der Waals surface area contributed by atoms with Crippen LogP contribution in [0.4, 0.5) is 0 Å². The van der Waals surface area contributed by atoms with E-state index in [4.69, 9.17) is 14.2 Å². The van der Waals surface area contributed by atoms with Gasteiger partial charge in [0.05, 0.1) is 17.9 Å². The van der Waals surface area contributed by atoms with Crippen LogP contribution in [-0.2, 0) is 21.4 Å². The molecule has 2 aromatic rings. The van der Waals surface area contributed by atoms with Crippen LogP contribution in [0.15, 0.2) is 47.4 Å². The Morgan fingerprint density at radius 1 is 1.16 bits per heavy atom. The maximum absolute atomic E-state index is 13.3. The van der Waals surface area contributed by atoms with Gasteiger partial charge in [0.1, 0.15) is 5.75 Å². The molecule has 2 aliphatic heterocycles. The standard InChI is InChI=1S/C23H28N2O6S/c1-3-24(14-17-6-11-21-22(13-17)31-16-30-21)23(26)18-5-4-12-25(15-18)32(27,28)20-9-7-19(29-2)8-10-20/h6-11,13,18H,3-5,12,14-16H2,1-2H3. The summed E-state index contributed by atoms with van der Waals surface area (Å²) in [5, 5.41) is 0. The second-order valence-corrected chi connectivity index (χ2v) is 9.86. The number of rotatable bonds is 7. The quantitative estimate of drug-likeness (QED) is 0.632. The first kappa shape index (κ1) is 22.4. The molecule has 2 aliphatic rings. The van der Waals surface area contributed by atoms with Gasteiger partial charge in [-0.3, -0.25) is 4.79 Å². The molecule has 0 radical (unpaired) electrons. The second kappa shape index (κ2) is 9.38. The maximum atomic E-state index is 13.3. The number of carbonyl (C=O) groups is 1. The molecule has 9 heteroatoms. The molecule has 1 amide bonds. The fourth-order valence-electron chi connectivity index (χ4n) is 4.12. The number of carbonyl (C=O) groups excluding carboxylic acids is 1. The summed E-state index contributed by atoms with van der Waals surface area (Å²) in [7, 11) is -2.14. The number of piperidine rings is 1. The van der Waals surface area contributed by atoms with Gasteiger partial charge in [0.25, 0.3) is 0 Å². The number of sulfonamides is 1. The molecule has 0 saturated carbocycles. The Kier molecular flexibility index (Phi) is 6.57. The van der Waals surface area contributed by atoms with Crippen molar-refractivity contribution in [3.8, 4) is 17.2 Å². The van der Waals surface area contributed by atoms with Gasteiger partial charge < -0.3 is 19.1 Å². The molecule has 32 heavy (non-hydrogen) atoms. The number of methoxy groups -OCH3 is 1. The topological polar surface area (TPSA) is 85.4 Å². The van der Waals surface area contributed by atoms with Gasteiger partial charge in [-0.25, -0.2) is 8.42 Å². The van der Waals surface area contributed by atoms with E-state index in [-0.39, 0.29) is 30.1 Å². The smallest absolute Gasteiger partial charge is 0.243 e. The van der Waals surface area contributed by atoms with Gasteiger partial charge in [0, 0.05) is 26.2 Å². The summed E-state index contributed by atoms with van der Waals surface area (Å²) in [6.45, 7) is 3.70. The zero-order chi connectivity index (χ0) is 22.7. The van der Waals surface area contributed by atoms with Crippen LogP contribution in [0, 0.1) is 5.92 Å². The summed E-state index contributed by atoms with van der Waals surface area (Å²) in [5.41, 5.74) is 0.947. The van der Waals surface area contributed by atoms with Crippen LogP contribution in [0.1, 0.15) is 25.3 Å². The van der Waals surface area contributed by atoms with E-state index < -0.39 is 10.0 Å². The van der Waals surface area contributed by atoms with E-state index in [0.29, 0.717) is 49.7 Å². The summed E-state index contributed by atoms with van der Waals surface area (Å²) in [5.74, 6) is 1.58. The van der Waals surface area contributed by atoms with Crippen molar-refractivity contribution in [2.75, 3.05) is 33.5 Å². The number of hydrogen-bond donors (Lipinski definition) is 0. The van der Waals surface area contributed by atoms with Crippen LogP contribution in [0.25, 0.3) is 0 Å². The van der Waals surface area contributed by atoms with Gasteiger partial charge in [-0.15, -0.1) is 0 Å². The van der Waals surface area contributed by atoms with Crippen LogP contribution in [0.2, 0.25) is 0 Å². The van der Waals surface area contributed by atoms with E-state index >= 15 is 0 Å². The molecule has 1 atom stereocenters. The normalized spacial score (nSPS) is 18.4. The zero-order valence-corrected chi connectivity index (χ0v) is 19.1. The van der Waals surface area contributed by atoms with E-state index in [0.717, 1.165) is 5.56 Å². The van der Waals surface area contributed by atoms with Gasteiger partial charge in [-0.05, 0) is 61.7 Å². The average Bonchev–Trinajstić information content (AvgIpc) is 3.30. The Balaban J connectivity index is 1.45. The van der Waals surface area contributed by atoms with Crippen molar-refractivity contribution in [2.45, 2.75) is 31.2 Å². The van der Waals surface area contributed by atoms with Crippen molar-refractivity contribution in [3.05, 3.63) is 48.0 Å². The molecular weight excluding hydrogens is 432 g/mol. The first-order chi connectivity index (χ1) is 15.4. The van der Waals surface area contributed by atoms with Crippen molar-refractivity contribution in [1.82, 2.24) is 9.21 Å². The molecule has 2 aromatic carbocycles. The Hall–Kier alpha value is -2.78. The van der Waals surface area contributed by atoms with Crippen molar-refractivity contribution in [3.63, 3.8) is 0 Å². The average molecular weight is 461 g/mol. The monoisotopic (exact) mass is 460 g/mol. The third-order valence-corrected chi connectivity index (χ3v) is 7.81. The van der Waals surface area contributed by atoms with E-state index in [1.165, 1.54) is 23.5 Å². The fraction of sp³-hybridized carbons (Fsp3) is 0.435. The predicted molar refractivity (Wildman–Crippen MR) is 118 cm³/mol. The van der Waals surface area contributed by atoms with Gasteiger partial charge in [0.15, 0.2) is 11.5 Å². The van der Waals surface area contributed by atoms with Crippen LogP contribution >= 0.6 is 0 Å². The Morgan fingerprint density at radius 3 is 2.62 bits per heavy atom. The predicted octanol–water partition coefficient (Wildman–Crippen LogP) is 2.87. The maximum Gasteiger partial charge on any atom is 0.243 e. The Morgan fingerprint density at radius 2 is 1.91 bits per heavy atom. The van der Waals surface area contributed by atoms with Gasteiger partial charge in [0.2, 0.25) is 22.7 Å². The molecule has 0 bridgehead atoms. The van der Waals surface area contributed by atoms with Crippen LogP contribution < -0.4 is 14.2 Å². The summed E-state index contributed by atoms with van der Waals surface area (Å²) in [6, 6.07) is 12.0. The molecule has 1 fully saturated rings. The fourth-order valence-corrected chi connectivity index (χ4v) is 5.65. The molecule has 1 unspecified atom stereocenters. The van der Waals surface area contributed by atoms with Gasteiger partial charge in [-0.2, -0.15) is 4.31 Å². The van der Waals surface area contributed by atoms with Crippen LogP contribution in [0.5, 0.6) is 17.2 Å². The van der Waals surface area contributed by atoms with Crippen molar-refractivity contribution in [1.29, 1.82) is 0 Å². The number of ether oxygens (including phenoxy) is 3. The Bertz CT molecular complexity index is 1070. The largest absolute Gasteiger partial charge is 0.497 e. The minimum absolute atomic E-state index is 0.0280. The molecule has 0 spiro atoms. The SMILES string of the molecule is CCN(Cc1ccc2c(c1)OCO2)C(=O)C1CCCN(S(=O)(=O)c2ccc(OC)cc2)C1. The lowest BCUT2D eigenvalue weighted by Gasteiger charge is -2.34. The zero-order valence-electron chi connectivity index (χ0n) is 18.3. The second-order valence-electron chi connectivity index (χ2n) is 7.92. The van der Waals surface area contributed by atoms with Crippen LogP contribution in [-0.4, -0.2) is 57.1 Å². The summed E-state index contributed by atoms with van der Waals surface area (Å²) < 4.78 is 43.6. The molecule has 8 nitrogen and oxygen atoms in total. The van der Waals surface area contributed by atoms with E-state index in [1.807, 2.05) is 25.1 Å². The summed E-state index contributed by atoms with van der Waals surface area (Å²) in [4.78, 5) is 15.3. The molecular formula is C23H28N2O6S. The van der Waals surface area contributed by atoms with Gasteiger partial charge >= 0.3 is 0 Å². The number of nitrogens with zero attached hydrogens (tertiary/aromatic N) is 2. The van der Waals surface area contributed by atoms with Crippen molar-refractivity contribution >= 4 is 15.9 Å². The van der Waals surface area contributed by atoms with Crippen molar-refractivity contribution < 1.29 is 27.4 Å². The molecule has 4 rings (SSSR count). The molecule has 172 valence electrons. The van der Waals surface area contributed by atoms with E-state index in [1.54, 1.807) is 17.0 Å². The number of hydrogen-bond acceptors (Lipinski definition) is 6. The highest BCUT2D eigenvalue weighted by molar-refractivity contribution is 7.89. The van der Waals surface area contributed by atoms with E-state index in [9.17, 15) is 13.2 Å². The highest BCUT2D eigenvalue weighted by atomic mass is 32.2. The molecule has 2 heterocycles. The highest BCUT2D eigenvalue weighted by Crippen LogP contribution is 2.33. The summed E-state index contributed by atoms with van der Waals surface area (Å²) in [6.07, 6.45) is 1.32. The molecule has 0 aromatic heterocycles. The number of amides is 1. The molecule has 0 N–H and O–H groups in total. The molecule has 1 saturated heterocycles. The third-order valence-electron chi connectivity index (χ3n) is 5.93. The van der Waals surface area contributed by atoms with Crippen molar-refractivity contribution in [2.24, 2.45) is 5.92 Å². The first-order valence-corrected chi connectivity index (χ1v) is 12.2. The van der Waals surface area contributed by atoms with Gasteiger partial charge in [-0.1, -0.05) is 6.07 Å².